The van der Waals surface area contributed by atoms with Gasteiger partial charge in [0.25, 0.3) is 11.1 Å². The van der Waals surface area contributed by atoms with Gasteiger partial charge in [0, 0.05) is 42.6 Å². The van der Waals surface area contributed by atoms with Crippen molar-refractivity contribution >= 4 is 40.5 Å². The maximum Gasteiger partial charge on any atom is 0.294 e. The Balaban J connectivity index is 0.974. The molecule has 0 bridgehead atoms. The van der Waals surface area contributed by atoms with Crippen molar-refractivity contribution < 1.29 is 29.1 Å². The van der Waals surface area contributed by atoms with Gasteiger partial charge in [-0.3, -0.25) is 28.9 Å². The Morgan fingerprint density at radius 2 is 1.58 bits per heavy atom. The minimum absolute atomic E-state index is 0.0491. The third kappa shape index (κ3) is 5.12. The number of allylic oxidation sites excluding steroid dienone is 8. The van der Waals surface area contributed by atoms with Crippen LogP contribution in [-0.4, -0.2) is 81.3 Å². The fraction of sp³-hybridized carbons (Fsp3) is 0.643. The molecule has 10 heteroatoms. The number of ketones is 1. The molecule has 278 valence electrons. The lowest BCUT2D eigenvalue weighted by molar-refractivity contribution is -0.175. The van der Waals surface area contributed by atoms with E-state index in [9.17, 15) is 29.1 Å². The smallest absolute Gasteiger partial charge is 0.294 e. The molecule has 6 aliphatic carbocycles. The lowest BCUT2D eigenvalue weighted by Gasteiger charge is -2.70. The molecule has 0 spiro atoms. The van der Waals surface area contributed by atoms with E-state index in [1.807, 2.05) is 17.9 Å². The molecule has 0 aromatic rings. The van der Waals surface area contributed by atoms with Gasteiger partial charge in [-0.2, -0.15) is 0 Å². The molecule has 6 fully saturated rings. The number of fused-ring (bicyclic) bond motifs is 7. The number of aliphatic hydroxyl groups is 1. The van der Waals surface area contributed by atoms with E-state index >= 15 is 0 Å². The lowest BCUT2D eigenvalue weighted by Crippen LogP contribution is -2.63. The molecule has 2 saturated heterocycles. The molecule has 0 unspecified atom stereocenters. The van der Waals surface area contributed by atoms with Crippen LogP contribution in [0.5, 0.6) is 0 Å². The predicted molar refractivity (Wildman–Crippen MR) is 200 cm³/mol. The molecule has 8 rings (SSSR count). The normalized spacial score (nSPS) is 39.8. The molecule has 2 aliphatic heterocycles. The van der Waals surface area contributed by atoms with Gasteiger partial charge in [-0.25, -0.2) is 0 Å². The van der Waals surface area contributed by atoms with E-state index in [4.69, 9.17) is 0 Å². The number of aliphatic hydroxyl groups excluding tert-OH is 1. The molecular weight excluding hydrogens is 675 g/mol. The van der Waals surface area contributed by atoms with Crippen molar-refractivity contribution in [2.45, 2.75) is 99.3 Å². The van der Waals surface area contributed by atoms with Crippen LogP contribution in [0, 0.1) is 38.9 Å². The van der Waals surface area contributed by atoms with Crippen LogP contribution in [0.15, 0.2) is 57.3 Å². The molecule has 8 aliphatic rings. The summed E-state index contributed by atoms with van der Waals surface area (Å²) in [5.41, 5.74) is 3.21. The van der Waals surface area contributed by atoms with E-state index in [1.54, 1.807) is 11.0 Å². The SMILES string of the molecule is CC1=C(O)C(=O)C=C2C1=CC=C1[C@@]2(C)CC[C@@]2(C)[C@@H]3C[C@](C)(C(=O)N4CCN(C(=O)CN5C(=O)S/C(=C\C6CC6)C5=O)CC4)CC[C@]3(C)CC[C@]12C. The summed E-state index contributed by atoms with van der Waals surface area (Å²) in [6.45, 7) is 15.1. The molecule has 0 aromatic carbocycles. The number of thioether (sulfide) groups is 1. The van der Waals surface area contributed by atoms with Crippen molar-refractivity contribution in [2.75, 3.05) is 32.7 Å². The quantitative estimate of drug-likeness (QED) is 0.303. The Morgan fingerprint density at radius 3 is 2.27 bits per heavy atom. The minimum Gasteiger partial charge on any atom is -0.504 e. The molecule has 4 saturated carbocycles. The Bertz CT molecular complexity index is 1860. The summed E-state index contributed by atoms with van der Waals surface area (Å²) in [4.78, 5) is 71.2. The van der Waals surface area contributed by atoms with Gasteiger partial charge < -0.3 is 14.9 Å². The number of hydrogen-bond acceptors (Lipinski definition) is 7. The highest BCUT2D eigenvalue weighted by Gasteiger charge is 2.67. The van der Waals surface area contributed by atoms with Gasteiger partial charge >= 0.3 is 0 Å². The van der Waals surface area contributed by atoms with Crippen molar-refractivity contribution in [3.8, 4) is 0 Å². The van der Waals surface area contributed by atoms with E-state index in [1.165, 1.54) is 5.57 Å². The van der Waals surface area contributed by atoms with E-state index < -0.39 is 5.41 Å². The number of carbonyl (C=O) groups is 5. The maximum atomic E-state index is 14.5. The number of hydrogen-bond donors (Lipinski definition) is 1. The van der Waals surface area contributed by atoms with Crippen molar-refractivity contribution in [3.05, 3.63) is 57.3 Å². The first-order chi connectivity index (χ1) is 24.4. The average molecular weight is 728 g/mol. The summed E-state index contributed by atoms with van der Waals surface area (Å²) in [6.07, 6.45) is 16.8. The van der Waals surface area contributed by atoms with Crippen LogP contribution in [0.25, 0.3) is 0 Å². The van der Waals surface area contributed by atoms with Crippen molar-refractivity contribution in [1.82, 2.24) is 14.7 Å². The number of nitrogens with zero attached hydrogens (tertiary/aromatic N) is 3. The maximum absolute atomic E-state index is 14.5. The Labute approximate surface area is 311 Å². The average Bonchev–Trinajstić information content (AvgIpc) is 3.90. The topological polar surface area (TPSA) is 115 Å². The van der Waals surface area contributed by atoms with Gasteiger partial charge in [-0.15, -0.1) is 0 Å². The summed E-state index contributed by atoms with van der Waals surface area (Å²) in [6, 6.07) is 0. The summed E-state index contributed by atoms with van der Waals surface area (Å²) in [7, 11) is 0. The molecule has 6 atom stereocenters. The van der Waals surface area contributed by atoms with Gasteiger partial charge in [0.1, 0.15) is 6.54 Å². The van der Waals surface area contributed by atoms with Crippen molar-refractivity contribution in [2.24, 2.45) is 38.9 Å². The fourth-order valence-electron chi connectivity index (χ4n) is 11.6. The summed E-state index contributed by atoms with van der Waals surface area (Å²) in [5.74, 6) is -0.210. The van der Waals surface area contributed by atoms with E-state index in [-0.39, 0.29) is 62.7 Å². The number of imide groups is 1. The molecule has 0 aromatic heterocycles. The van der Waals surface area contributed by atoms with Crippen molar-refractivity contribution in [1.29, 1.82) is 0 Å². The molecule has 52 heavy (non-hydrogen) atoms. The first kappa shape index (κ1) is 35.6. The Kier molecular flexibility index (Phi) is 8.08. The van der Waals surface area contributed by atoms with Crippen LogP contribution in [0.2, 0.25) is 0 Å². The number of piperazine rings is 1. The second-order valence-electron chi connectivity index (χ2n) is 18.4. The summed E-state index contributed by atoms with van der Waals surface area (Å²) >= 11 is 0.927. The van der Waals surface area contributed by atoms with E-state index in [2.05, 4.69) is 46.8 Å². The van der Waals surface area contributed by atoms with Gasteiger partial charge in [-0.05, 0) is 122 Å². The Morgan fingerprint density at radius 1 is 0.904 bits per heavy atom. The predicted octanol–water partition coefficient (Wildman–Crippen LogP) is 7.27. The zero-order valence-electron chi connectivity index (χ0n) is 31.6. The first-order valence-electron chi connectivity index (χ1n) is 19.4. The lowest BCUT2D eigenvalue weighted by atomic mass is 9.34. The van der Waals surface area contributed by atoms with Crippen LogP contribution >= 0.6 is 11.8 Å². The second-order valence-corrected chi connectivity index (χ2v) is 19.4. The molecule has 4 amide bonds. The zero-order chi connectivity index (χ0) is 37.2. The highest BCUT2D eigenvalue weighted by molar-refractivity contribution is 8.18. The summed E-state index contributed by atoms with van der Waals surface area (Å²) in [5, 5.41) is 10.1. The largest absolute Gasteiger partial charge is 0.504 e. The van der Waals surface area contributed by atoms with E-state index in [0.717, 1.165) is 85.6 Å². The Hall–Kier alpha value is -3.40. The molecule has 1 N–H and O–H groups in total. The van der Waals surface area contributed by atoms with Crippen LogP contribution in [-0.2, 0) is 19.2 Å². The molecule has 9 nitrogen and oxygen atoms in total. The zero-order valence-corrected chi connectivity index (χ0v) is 32.4. The van der Waals surface area contributed by atoms with Gasteiger partial charge in [0.05, 0.1) is 4.91 Å². The number of rotatable bonds is 4. The van der Waals surface area contributed by atoms with E-state index in [0.29, 0.717) is 48.5 Å². The molecular formula is C42H53N3O6S. The van der Waals surface area contributed by atoms with Crippen molar-refractivity contribution in [3.63, 3.8) is 0 Å². The molecule has 0 radical (unpaired) electrons. The standard InChI is InChI=1S/C42H53N3O6S/c1-25-27-9-10-31-40(4,28(27)22-29(46)34(25)48)14-16-42(6)32-23-39(3,12-11-38(32,2)13-15-41(31,42)5)36(50)44-19-17-43(18-20-44)33(47)24-45-35(49)30(52-37(45)51)21-26-7-8-26/h9-10,21-22,26,32,48H,7-8,11-20,23-24H2,1-6H3/b30-21-/t32-,38-,39-,40+,41-,42+/m1/s1. The minimum atomic E-state index is -0.514. The van der Waals surface area contributed by atoms with Crippen LogP contribution in [0.3, 0.4) is 0 Å². The highest BCUT2D eigenvalue weighted by Crippen LogP contribution is 2.75. The fourth-order valence-corrected chi connectivity index (χ4v) is 12.5. The van der Waals surface area contributed by atoms with Crippen LogP contribution < -0.4 is 0 Å². The summed E-state index contributed by atoms with van der Waals surface area (Å²) < 4.78 is 0. The number of amides is 4. The van der Waals surface area contributed by atoms with Crippen LogP contribution in [0.1, 0.15) is 99.3 Å². The molecule has 2 heterocycles. The van der Waals surface area contributed by atoms with Gasteiger partial charge in [0.15, 0.2) is 5.76 Å². The third-order valence-electron chi connectivity index (χ3n) is 15.5. The second kappa shape index (κ2) is 11.8. The third-order valence-corrected chi connectivity index (χ3v) is 16.4. The number of carbonyl (C=O) groups excluding carboxylic acids is 5. The highest BCUT2D eigenvalue weighted by atomic mass is 32.2. The van der Waals surface area contributed by atoms with Gasteiger partial charge in [-0.1, -0.05) is 58.4 Å². The van der Waals surface area contributed by atoms with Gasteiger partial charge in [0.2, 0.25) is 17.6 Å². The van der Waals surface area contributed by atoms with Crippen LogP contribution in [0.4, 0.5) is 4.79 Å². The first-order valence-corrected chi connectivity index (χ1v) is 20.2. The monoisotopic (exact) mass is 727 g/mol.